The third kappa shape index (κ3) is 3.06. The maximum Gasteiger partial charge on any atom is 0.337 e. The molecule has 0 spiro atoms. The molecule has 4 N–H and O–H groups in total. The molecule has 0 aliphatic heterocycles. The molecule has 0 heterocycles. The van der Waals surface area contributed by atoms with Crippen LogP contribution >= 0.6 is 0 Å². The first-order chi connectivity index (χ1) is 8.36. The molecule has 6 nitrogen and oxygen atoms in total. The van der Waals surface area contributed by atoms with E-state index < -0.39 is 24.1 Å². The maximum atomic E-state index is 10.7. The molecular formula is C12H14O6. The highest BCUT2D eigenvalue weighted by Gasteiger charge is 2.21. The van der Waals surface area contributed by atoms with E-state index in [1.54, 1.807) is 6.92 Å². The number of benzene rings is 1. The van der Waals surface area contributed by atoms with Crippen LogP contribution in [0.1, 0.15) is 35.8 Å². The number of carboxylic acids is 2. The van der Waals surface area contributed by atoms with Crippen LogP contribution in [0.4, 0.5) is 0 Å². The Morgan fingerprint density at radius 3 is 1.67 bits per heavy atom. The van der Waals surface area contributed by atoms with E-state index in [4.69, 9.17) is 10.2 Å². The number of aliphatic hydroxyl groups is 2. The highest BCUT2D eigenvalue weighted by molar-refractivity contribution is 5.76. The summed E-state index contributed by atoms with van der Waals surface area (Å²) in [5.74, 6) is -2.86. The zero-order valence-electron chi connectivity index (χ0n) is 9.70. The van der Waals surface area contributed by atoms with Gasteiger partial charge in [-0.2, -0.15) is 0 Å². The lowest BCUT2D eigenvalue weighted by molar-refractivity contribution is -0.147. The van der Waals surface area contributed by atoms with Gasteiger partial charge in [-0.25, -0.2) is 9.59 Å². The van der Waals surface area contributed by atoms with Crippen molar-refractivity contribution in [1.82, 2.24) is 0 Å². The lowest BCUT2D eigenvalue weighted by atomic mass is 9.98. The summed E-state index contributed by atoms with van der Waals surface area (Å²) in [6, 6.07) is 4.12. The van der Waals surface area contributed by atoms with Crippen molar-refractivity contribution in [3.63, 3.8) is 0 Å². The minimum Gasteiger partial charge on any atom is -0.479 e. The van der Waals surface area contributed by atoms with Crippen LogP contribution in [0, 0.1) is 0 Å². The Kier molecular flexibility index (Phi) is 4.41. The zero-order chi connectivity index (χ0) is 13.9. The van der Waals surface area contributed by atoms with E-state index in [2.05, 4.69) is 0 Å². The Bertz CT molecular complexity index is 429. The average Bonchev–Trinajstić information content (AvgIpc) is 2.35. The summed E-state index contributed by atoms with van der Waals surface area (Å²) in [6.45, 7) is 1.79. The summed E-state index contributed by atoms with van der Waals surface area (Å²) >= 11 is 0. The first-order valence-corrected chi connectivity index (χ1v) is 5.32. The standard InChI is InChI=1S/C12H14O6/c1-2-6-3-7(9(13)11(15)16)5-8(4-6)10(14)12(17)18/h3-5,9-10,13-14H,2H2,1H3,(H,15,16)(H,17,18). The molecule has 0 aliphatic rings. The summed E-state index contributed by atoms with van der Waals surface area (Å²) in [5.41, 5.74) is 0.748. The second-order valence-electron chi connectivity index (χ2n) is 3.84. The topological polar surface area (TPSA) is 115 Å². The van der Waals surface area contributed by atoms with Gasteiger partial charge in [0.05, 0.1) is 0 Å². The molecule has 0 aliphatic carbocycles. The van der Waals surface area contributed by atoms with Crippen molar-refractivity contribution in [1.29, 1.82) is 0 Å². The SMILES string of the molecule is CCc1cc(C(O)C(=O)O)cc(C(O)C(=O)O)c1. The van der Waals surface area contributed by atoms with Gasteiger partial charge in [0.15, 0.2) is 12.2 Å². The minimum atomic E-state index is -1.74. The summed E-state index contributed by atoms with van der Waals surface area (Å²) in [7, 11) is 0. The highest BCUT2D eigenvalue weighted by Crippen LogP contribution is 2.22. The van der Waals surface area contributed by atoms with Crippen molar-refractivity contribution in [2.75, 3.05) is 0 Å². The number of carboxylic acid groups (broad SMARTS) is 2. The van der Waals surface area contributed by atoms with Gasteiger partial charge in [-0.3, -0.25) is 0 Å². The van der Waals surface area contributed by atoms with Crippen LogP contribution in [0.25, 0.3) is 0 Å². The third-order valence-electron chi connectivity index (χ3n) is 2.55. The second-order valence-corrected chi connectivity index (χ2v) is 3.84. The maximum absolute atomic E-state index is 10.7. The van der Waals surface area contributed by atoms with Gasteiger partial charge in [-0.1, -0.05) is 19.1 Å². The van der Waals surface area contributed by atoms with Crippen LogP contribution < -0.4 is 0 Å². The second kappa shape index (κ2) is 5.61. The van der Waals surface area contributed by atoms with E-state index >= 15 is 0 Å². The van der Waals surface area contributed by atoms with Crippen LogP contribution in [-0.4, -0.2) is 32.4 Å². The smallest absolute Gasteiger partial charge is 0.337 e. The number of aryl methyl sites for hydroxylation is 1. The van der Waals surface area contributed by atoms with Crippen molar-refractivity contribution >= 4 is 11.9 Å². The van der Waals surface area contributed by atoms with Crippen LogP contribution in [0.15, 0.2) is 18.2 Å². The number of hydrogen-bond donors (Lipinski definition) is 4. The van der Waals surface area contributed by atoms with Crippen molar-refractivity contribution in [2.24, 2.45) is 0 Å². The van der Waals surface area contributed by atoms with Crippen molar-refractivity contribution in [3.05, 3.63) is 34.9 Å². The molecule has 2 atom stereocenters. The normalized spacial score (nSPS) is 13.9. The first-order valence-electron chi connectivity index (χ1n) is 5.32. The summed E-state index contributed by atoms with van der Waals surface area (Å²) in [6.07, 6.45) is -2.95. The van der Waals surface area contributed by atoms with Gasteiger partial charge in [-0.15, -0.1) is 0 Å². The molecule has 1 aromatic rings. The quantitative estimate of drug-likeness (QED) is 0.607. The molecule has 0 amide bonds. The predicted molar refractivity (Wildman–Crippen MR) is 61.0 cm³/mol. The van der Waals surface area contributed by atoms with E-state index in [1.807, 2.05) is 0 Å². The van der Waals surface area contributed by atoms with Crippen molar-refractivity contribution in [2.45, 2.75) is 25.6 Å². The fraction of sp³-hybridized carbons (Fsp3) is 0.333. The van der Waals surface area contributed by atoms with Crippen LogP contribution in [0.2, 0.25) is 0 Å². The average molecular weight is 254 g/mol. The molecule has 6 heteroatoms. The molecule has 0 bridgehead atoms. The first kappa shape index (κ1) is 14.1. The zero-order valence-corrected chi connectivity index (χ0v) is 9.70. The fourth-order valence-corrected chi connectivity index (χ4v) is 1.55. The Labute approximate surface area is 103 Å². The van der Waals surface area contributed by atoms with Crippen LogP contribution in [0.5, 0.6) is 0 Å². The number of hydrogen-bond acceptors (Lipinski definition) is 4. The number of aliphatic hydroxyl groups excluding tert-OH is 2. The summed E-state index contributed by atoms with van der Waals surface area (Å²) in [5, 5.41) is 36.3. The lowest BCUT2D eigenvalue weighted by Crippen LogP contribution is -2.14. The summed E-state index contributed by atoms with van der Waals surface area (Å²) in [4.78, 5) is 21.4. The molecule has 0 radical (unpaired) electrons. The van der Waals surface area contributed by atoms with Gasteiger partial charge in [0, 0.05) is 0 Å². The van der Waals surface area contributed by atoms with Gasteiger partial charge >= 0.3 is 11.9 Å². The number of rotatable bonds is 5. The lowest BCUT2D eigenvalue weighted by Gasteiger charge is -2.13. The van der Waals surface area contributed by atoms with Gasteiger partial charge in [0.25, 0.3) is 0 Å². The molecule has 1 rings (SSSR count). The van der Waals surface area contributed by atoms with E-state index in [0.717, 1.165) is 0 Å². The molecule has 0 aromatic heterocycles. The van der Waals surface area contributed by atoms with Crippen molar-refractivity contribution in [3.8, 4) is 0 Å². The highest BCUT2D eigenvalue weighted by atomic mass is 16.4. The van der Waals surface area contributed by atoms with E-state index in [1.165, 1.54) is 18.2 Å². The molecule has 0 saturated carbocycles. The molecule has 2 unspecified atom stereocenters. The van der Waals surface area contributed by atoms with Crippen LogP contribution in [-0.2, 0) is 16.0 Å². The third-order valence-corrected chi connectivity index (χ3v) is 2.55. The predicted octanol–water partition coefficient (Wildman–Crippen LogP) is 0.485. The van der Waals surface area contributed by atoms with E-state index in [0.29, 0.717) is 12.0 Å². The Balaban J connectivity index is 3.25. The molecular weight excluding hydrogens is 240 g/mol. The number of carbonyl (C=O) groups is 2. The Hall–Kier alpha value is -1.92. The molecule has 1 aromatic carbocycles. The molecule has 98 valence electrons. The Morgan fingerprint density at radius 1 is 1.00 bits per heavy atom. The van der Waals surface area contributed by atoms with Crippen LogP contribution in [0.3, 0.4) is 0 Å². The molecule has 0 fully saturated rings. The molecule has 0 saturated heterocycles. The monoisotopic (exact) mass is 254 g/mol. The van der Waals surface area contributed by atoms with Gasteiger partial charge < -0.3 is 20.4 Å². The summed E-state index contributed by atoms with van der Waals surface area (Å²) < 4.78 is 0. The Morgan fingerprint density at radius 2 is 1.39 bits per heavy atom. The van der Waals surface area contributed by atoms with Gasteiger partial charge in [0.1, 0.15) is 0 Å². The van der Waals surface area contributed by atoms with E-state index in [9.17, 15) is 19.8 Å². The molecule has 18 heavy (non-hydrogen) atoms. The van der Waals surface area contributed by atoms with E-state index in [-0.39, 0.29) is 11.1 Å². The minimum absolute atomic E-state index is 0.0529. The van der Waals surface area contributed by atoms with Gasteiger partial charge in [0.2, 0.25) is 0 Å². The van der Waals surface area contributed by atoms with Crippen molar-refractivity contribution < 1.29 is 30.0 Å². The largest absolute Gasteiger partial charge is 0.479 e. The van der Waals surface area contributed by atoms with Gasteiger partial charge in [-0.05, 0) is 29.2 Å². The fourth-order valence-electron chi connectivity index (χ4n) is 1.55. The number of aliphatic carboxylic acids is 2.